The standard InChI is InChI=1S/C22H22N4O2/c1-28-17-9-16(11-23-12-17)22(27)25-19-7-6-14-4-5-15(10-18(14)19)20-13-26-8-2-3-21(26)24-20/h4-5,9-13,19H,2-3,6-8H2,1H3,(H,25,27). The van der Waals surface area contributed by atoms with Crippen molar-refractivity contribution in [2.75, 3.05) is 7.11 Å². The Labute approximate surface area is 163 Å². The van der Waals surface area contributed by atoms with Crippen LogP contribution in [0.4, 0.5) is 0 Å². The summed E-state index contributed by atoms with van der Waals surface area (Å²) in [5.41, 5.74) is 5.13. The molecule has 28 heavy (non-hydrogen) atoms. The molecular formula is C22H22N4O2. The molecule has 1 atom stereocenters. The highest BCUT2D eigenvalue weighted by molar-refractivity contribution is 5.94. The van der Waals surface area contributed by atoms with Gasteiger partial charge in [-0.1, -0.05) is 12.1 Å². The third-order valence-electron chi connectivity index (χ3n) is 5.69. The molecule has 5 rings (SSSR count). The van der Waals surface area contributed by atoms with E-state index in [2.05, 4.69) is 39.3 Å². The fourth-order valence-electron chi connectivity index (χ4n) is 4.20. The van der Waals surface area contributed by atoms with Gasteiger partial charge in [-0.25, -0.2) is 4.98 Å². The van der Waals surface area contributed by atoms with E-state index in [1.54, 1.807) is 25.6 Å². The van der Waals surface area contributed by atoms with Crippen LogP contribution in [0.1, 0.15) is 46.2 Å². The van der Waals surface area contributed by atoms with Crippen molar-refractivity contribution in [2.24, 2.45) is 0 Å². The molecule has 3 heterocycles. The number of nitrogens with one attached hydrogen (secondary N) is 1. The van der Waals surface area contributed by atoms with Crippen LogP contribution in [-0.2, 0) is 19.4 Å². The molecule has 6 heteroatoms. The van der Waals surface area contributed by atoms with Gasteiger partial charge in [-0.05, 0) is 42.5 Å². The quantitative estimate of drug-likeness (QED) is 0.761. The number of hydrogen-bond donors (Lipinski definition) is 1. The molecule has 6 nitrogen and oxygen atoms in total. The Morgan fingerprint density at radius 3 is 3.04 bits per heavy atom. The molecule has 1 aromatic carbocycles. The Morgan fingerprint density at radius 1 is 1.25 bits per heavy atom. The molecule has 1 amide bonds. The van der Waals surface area contributed by atoms with Gasteiger partial charge in [0, 0.05) is 30.9 Å². The van der Waals surface area contributed by atoms with Crippen molar-refractivity contribution in [3.63, 3.8) is 0 Å². The predicted octanol–water partition coefficient (Wildman–Crippen LogP) is 3.32. The molecule has 1 N–H and O–H groups in total. The Bertz CT molecular complexity index is 1030. The second-order valence-corrected chi connectivity index (χ2v) is 7.43. The monoisotopic (exact) mass is 374 g/mol. The highest BCUT2D eigenvalue weighted by Crippen LogP contribution is 2.35. The summed E-state index contributed by atoms with van der Waals surface area (Å²) in [6.07, 6.45) is 9.41. The van der Waals surface area contributed by atoms with Gasteiger partial charge in [-0.2, -0.15) is 0 Å². The normalized spacial score (nSPS) is 17.2. The molecule has 0 fully saturated rings. The average molecular weight is 374 g/mol. The molecule has 1 aliphatic carbocycles. The second-order valence-electron chi connectivity index (χ2n) is 7.43. The van der Waals surface area contributed by atoms with Gasteiger partial charge >= 0.3 is 0 Å². The molecule has 1 unspecified atom stereocenters. The van der Waals surface area contributed by atoms with Crippen molar-refractivity contribution in [1.29, 1.82) is 0 Å². The van der Waals surface area contributed by atoms with E-state index in [9.17, 15) is 4.79 Å². The molecule has 0 spiro atoms. The molecule has 0 bridgehead atoms. The van der Waals surface area contributed by atoms with E-state index in [4.69, 9.17) is 9.72 Å². The number of rotatable bonds is 4. The van der Waals surface area contributed by atoms with Crippen molar-refractivity contribution in [2.45, 2.75) is 38.3 Å². The summed E-state index contributed by atoms with van der Waals surface area (Å²) in [6.45, 7) is 1.06. The zero-order valence-corrected chi connectivity index (χ0v) is 15.8. The SMILES string of the molecule is COc1cncc(C(=O)NC2CCc3ccc(-c4cn5c(n4)CCC5)cc32)c1. The largest absolute Gasteiger partial charge is 0.495 e. The summed E-state index contributed by atoms with van der Waals surface area (Å²) in [5.74, 6) is 1.62. The molecule has 1 aliphatic heterocycles. The van der Waals surface area contributed by atoms with E-state index in [0.717, 1.165) is 37.1 Å². The molecule has 2 aromatic heterocycles. The Morgan fingerprint density at radius 2 is 2.18 bits per heavy atom. The number of benzene rings is 1. The third kappa shape index (κ3) is 2.95. The van der Waals surface area contributed by atoms with E-state index < -0.39 is 0 Å². The summed E-state index contributed by atoms with van der Waals surface area (Å²) < 4.78 is 7.42. The van der Waals surface area contributed by atoms with Gasteiger partial charge in [-0.15, -0.1) is 0 Å². The van der Waals surface area contributed by atoms with E-state index in [1.165, 1.54) is 23.4 Å². The minimum absolute atomic E-state index is 0.00288. The highest BCUT2D eigenvalue weighted by Gasteiger charge is 2.26. The number of aryl methyl sites for hydroxylation is 3. The van der Waals surface area contributed by atoms with Crippen LogP contribution in [-0.4, -0.2) is 27.6 Å². The third-order valence-corrected chi connectivity index (χ3v) is 5.69. The maximum absolute atomic E-state index is 12.7. The zero-order valence-electron chi connectivity index (χ0n) is 15.8. The van der Waals surface area contributed by atoms with Gasteiger partial charge < -0.3 is 14.6 Å². The van der Waals surface area contributed by atoms with Crippen molar-refractivity contribution >= 4 is 5.91 Å². The topological polar surface area (TPSA) is 69.0 Å². The van der Waals surface area contributed by atoms with E-state index in [-0.39, 0.29) is 11.9 Å². The maximum Gasteiger partial charge on any atom is 0.253 e. The van der Waals surface area contributed by atoms with Crippen molar-refractivity contribution < 1.29 is 9.53 Å². The molecule has 3 aromatic rings. The number of imidazole rings is 1. The fourth-order valence-corrected chi connectivity index (χ4v) is 4.20. The molecule has 142 valence electrons. The number of methoxy groups -OCH3 is 1. The number of amides is 1. The van der Waals surface area contributed by atoms with Crippen LogP contribution < -0.4 is 10.1 Å². The lowest BCUT2D eigenvalue weighted by atomic mass is 10.0. The number of nitrogens with zero attached hydrogens (tertiary/aromatic N) is 3. The van der Waals surface area contributed by atoms with Crippen molar-refractivity contribution in [3.05, 3.63) is 65.4 Å². The first kappa shape index (κ1) is 17.0. The number of fused-ring (bicyclic) bond motifs is 2. The van der Waals surface area contributed by atoms with Crippen LogP contribution in [0.15, 0.2) is 42.9 Å². The summed E-state index contributed by atoms with van der Waals surface area (Å²) in [6, 6.07) is 8.22. The van der Waals surface area contributed by atoms with Crippen LogP contribution in [0, 0.1) is 0 Å². The highest BCUT2D eigenvalue weighted by atomic mass is 16.5. The van der Waals surface area contributed by atoms with Gasteiger partial charge in [0.15, 0.2) is 0 Å². The van der Waals surface area contributed by atoms with Gasteiger partial charge in [0.1, 0.15) is 11.6 Å². The lowest BCUT2D eigenvalue weighted by Crippen LogP contribution is -2.27. The molecule has 2 aliphatic rings. The fraction of sp³-hybridized carbons (Fsp3) is 0.318. The minimum Gasteiger partial charge on any atom is -0.495 e. The average Bonchev–Trinajstić information content (AvgIpc) is 3.43. The summed E-state index contributed by atoms with van der Waals surface area (Å²) in [5, 5.41) is 3.16. The van der Waals surface area contributed by atoms with E-state index in [1.807, 2.05) is 0 Å². The number of aromatic nitrogens is 3. The first-order valence-electron chi connectivity index (χ1n) is 9.70. The van der Waals surface area contributed by atoms with Crippen LogP contribution >= 0.6 is 0 Å². The number of hydrogen-bond acceptors (Lipinski definition) is 4. The lowest BCUT2D eigenvalue weighted by Gasteiger charge is -2.15. The number of pyridine rings is 1. The molecule has 0 saturated carbocycles. The van der Waals surface area contributed by atoms with Gasteiger partial charge in [0.2, 0.25) is 0 Å². The van der Waals surface area contributed by atoms with Gasteiger partial charge in [0.05, 0.1) is 30.6 Å². The Balaban J connectivity index is 1.39. The number of carbonyl (C=O) groups is 1. The van der Waals surface area contributed by atoms with Crippen LogP contribution in [0.5, 0.6) is 5.75 Å². The van der Waals surface area contributed by atoms with Crippen LogP contribution in [0.25, 0.3) is 11.3 Å². The molecule has 0 saturated heterocycles. The van der Waals surface area contributed by atoms with E-state index in [0.29, 0.717) is 11.3 Å². The molecular weight excluding hydrogens is 352 g/mol. The van der Waals surface area contributed by atoms with Gasteiger partial charge in [0.25, 0.3) is 5.91 Å². The van der Waals surface area contributed by atoms with Crippen LogP contribution in [0.2, 0.25) is 0 Å². The summed E-state index contributed by atoms with van der Waals surface area (Å²) >= 11 is 0. The molecule has 0 radical (unpaired) electrons. The predicted molar refractivity (Wildman–Crippen MR) is 105 cm³/mol. The smallest absolute Gasteiger partial charge is 0.253 e. The minimum atomic E-state index is -0.129. The summed E-state index contributed by atoms with van der Waals surface area (Å²) in [7, 11) is 1.57. The Kier molecular flexibility index (Phi) is 4.11. The second kappa shape index (κ2) is 6.78. The first-order chi connectivity index (χ1) is 13.7. The first-order valence-corrected chi connectivity index (χ1v) is 9.70. The lowest BCUT2D eigenvalue weighted by molar-refractivity contribution is 0.0936. The summed E-state index contributed by atoms with van der Waals surface area (Å²) in [4.78, 5) is 21.6. The number of carbonyl (C=O) groups excluding carboxylic acids is 1. The van der Waals surface area contributed by atoms with E-state index >= 15 is 0 Å². The maximum atomic E-state index is 12.7. The van der Waals surface area contributed by atoms with Gasteiger partial charge in [-0.3, -0.25) is 9.78 Å². The Hall–Kier alpha value is -3.15. The van der Waals surface area contributed by atoms with Crippen LogP contribution in [0.3, 0.4) is 0 Å². The van der Waals surface area contributed by atoms with Crippen molar-refractivity contribution in [1.82, 2.24) is 19.9 Å². The number of ether oxygens (including phenoxy) is 1. The zero-order chi connectivity index (χ0) is 19.1. The van der Waals surface area contributed by atoms with Crippen molar-refractivity contribution in [3.8, 4) is 17.0 Å².